The lowest BCUT2D eigenvalue weighted by Gasteiger charge is -2.28. The molecule has 6 heteroatoms. The molecule has 1 fully saturated rings. The Morgan fingerprint density at radius 2 is 1.86 bits per heavy atom. The number of halogens is 3. The third-order valence-electron chi connectivity index (χ3n) is 4.17. The number of pyridine rings is 2. The Morgan fingerprint density at radius 3 is 2.45 bits per heavy atom. The van der Waals surface area contributed by atoms with Gasteiger partial charge in [-0.3, -0.25) is 0 Å². The van der Waals surface area contributed by atoms with Gasteiger partial charge in [-0.2, -0.15) is 0 Å². The van der Waals surface area contributed by atoms with Crippen molar-refractivity contribution in [2.75, 3.05) is 13.6 Å². The van der Waals surface area contributed by atoms with Crippen LogP contribution < -0.4 is 52.1 Å². The SMILES string of the molecule is C[NH+]1CCCCC1c1ccc(-c2ccc[nH+]c2)[nH+]c1.[Cl-].[Cl-].[Cl-]. The van der Waals surface area contributed by atoms with E-state index in [9.17, 15) is 0 Å². The van der Waals surface area contributed by atoms with Gasteiger partial charge < -0.3 is 42.1 Å². The van der Waals surface area contributed by atoms with Gasteiger partial charge in [-0.05, 0) is 25.0 Å². The monoisotopic (exact) mass is 361 g/mol. The molecule has 0 aliphatic carbocycles. The summed E-state index contributed by atoms with van der Waals surface area (Å²) in [6, 6.07) is 9.26. The third-order valence-corrected chi connectivity index (χ3v) is 4.17. The minimum atomic E-state index is 0. The smallest absolute Gasteiger partial charge is 0.216 e. The first-order valence-electron chi connectivity index (χ1n) is 7.15. The molecule has 3 heterocycles. The van der Waals surface area contributed by atoms with Gasteiger partial charge in [0.15, 0.2) is 18.6 Å². The van der Waals surface area contributed by atoms with Gasteiger partial charge in [0.2, 0.25) is 5.69 Å². The second-order valence-corrected chi connectivity index (χ2v) is 5.47. The zero-order chi connectivity index (χ0) is 13.1. The Balaban J connectivity index is 0.00000147. The van der Waals surface area contributed by atoms with E-state index in [1.54, 1.807) is 4.90 Å². The van der Waals surface area contributed by atoms with Crippen LogP contribution in [0.2, 0.25) is 0 Å². The molecule has 1 aliphatic rings. The standard InChI is InChI=1S/C16H19N3.3ClH/c1-19-10-3-2-6-16(19)14-7-8-15(18-12-14)13-5-4-9-17-11-13;;;/h4-5,7-9,11-12,16H,2-3,6,10H2,1H3;3*1H. The fourth-order valence-electron chi connectivity index (χ4n) is 3.02. The molecule has 0 bridgehead atoms. The molecule has 0 saturated carbocycles. The lowest BCUT2D eigenvalue weighted by Crippen LogP contribution is -3.10. The predicted molar refractivity (Wildman–Crippen MR) is 73.3 cm³/mol. The first kappa shape index (κ1) is 21.1. The number of quaternary nitrogens is 1. The third kappa shape index (κ3) is 4.82. The van der Waals surface area contributed by atoms with Crippen LogP contribution >= 0.6 is 0 Å². The highest BCUT2D eigenvalue weighted by atomic mass is 35.5. The number of nitrogens with one attached hydrogen (secondary N) is 3. The Bertz CT molecular complexity index is 534. The maximum absolute atomic E-state index is 3.44. The molecular weight excluding hydrogens is 341 g/mol. The number of hydrogen-bond donors (Lipinski definition) is 1. The van der Waals surface area contributed by atoms with Crippen molar-refractivity contribution in [3.8, 4) is 11.3 Å². The number of aromatic nitrogens is 2. The number of rotatable bonds is 2. The average Bonchev–Trinajstić information content (AvgIpc) is 2.49. The first-order valence-corrected chi connectivity index (χ1v) is 7.15. The topological polar surface area (TPSA) is 32.7 Å². The van der Waals surface area contributed by atoms with Crippen molar-refractivity contribution >= 4 is 0 Å². The minimum absolute atomic E-state index is 0. The van der Waals surface area contributed by atoms with Crippen molar-refractivity contribution in [3.05, 3.63) is 48.4 Å². The maximum Gasteiger partial charge on any atom is 0.216 e. The number of aromatic amines is 2. The van der Waals surface area contributed by atoms with E-state index in [2.05, 4.69) is 41.4 Å². The van der Waals surface area contributed by atoms with Crippen LogP contribution in [0.5, 0.6) is 0 Å². The Labute approximate surface area is 150 Å². The summed E-state index contributed by atoms with van der Waals surface area (Å²) in [6.07, 6.45) is 10.2. The molecule has 2 aromatic heterocycles. The maximum atomic E-state index is 3.44. The molecule has 122 valence electrons. The second-order valence-electron chi connectivity index (χ2n) is 5.47. The van der Waals surface area contributed by atoms with Gasteiger partial charge in [-0.1, -0.05) is 0 Å². The summed E-state index contributed by atoms with van der Waals surface area (Å²) in [5, 5.41) is 0. The molecule has 0 spiro atoms. The normalized spacial score (nSPS) is 20.0. The van der Waals surface area contributed by atoms with Crippen LogP contribution in [-0.2, 0) is 0 Å². The number of piperidine rings is 1. The molecule has 3 nitrogen and oxygen atoms in total. The minimum Gasteiger partial charge on any atom is -1.00 e. The van der Waals surface area contributed by atoms with Crippen molar-refractivity contribution in [1.29, 1.82) is 0 Å². The van der Waals surface area contributed by atoms with E-state index in [0.29, 0.717) is 6.04 Å². The van der Waals surface area contributed by atoms with Gasteiger partial charge in [0.1, 0.15) is 11.6 Å². The molecule has 1 saturated heterocycles. The average molecular weight is 363 g/mol. The van der Waals surface area contributed by atoms with E-state index in [1.807, 2.05) is 18.5 Å². The highest BCUT2D eigenvalue weighted by Gasteiger charge is 2.26. The highest BCUT2D eigenvalue weighted by Crippen LogP contribution is 2.19. The molecule has 2 unspecified atom stereocenters. The quantitative estimate of drug-likeness (QED) is 0.551. The first-order chi connectivity index (χ1) is 9.34. The summed E-state index contributed by atoms with van der Waals surface area (Å²) in [6.45, 7) is 1.29. The Morgan fingerprint density at radius 1 is 1.05 bits per heavy atom. The van der Waals surface area contributed by atoms with Crippen molar-refractivity contribution in [2.45, 2.75) is 25.3 Å². The molecule has 0 amide bonds. The number of H-pyrrole nitrogens is 2. The lowest BCUT2D eigenvalue weighted by atomic mass is 9.97. The largest absolute Gasteiger partial charge is 1.00 e. The Kier molecular flexibility index (Phi) is 9.61. The summed E-state index contributed by atoms with van der Waals surface area (Å²) in [7, 11) is 2.31. The van der Waals surface area contributed by atoms with Crippen molar-refractivity contribution in [3.63, 3.8) is 0 Å². The van der Waals surface area contributed by atoms with Crippen molar-refractivity contribution < 1.29 is 52.1 Å². The second kappa shape index (κ2) is 10.0. The van der Waals surface area contributed by atoms with Crippen LogP contribution in [0.15, 0.2) is 42.9 Å². The van der Waals surface area contributed by atoms with Gasteiger partial charge in [-0.25, -0.2) is 9.97 Å². The van der Waals surface area contributed by atoms with E-state index >= 15 is 0 Å². The van der Waals surface area contributed by atoms with E-state index in [0.717, 1.165) is 5.69 Å². The van der Waals surface area contributed by atoms with Gasteiger partial charge >= 0.3 is 0 Å². The molecule has 2 aromatic rings. The van der Waals surface area contributed by atoms with E-state index in [4.69, 9.17) is 0 Å². The summed E-state index contributed by atoms with van der Waals surface area (Å²) in [5.74, 6) is 0. The van der Waals surface area contributed by atoms with Crippen LogP contribution in [0.25, 0.3) is 11.3 Å². The van der Waals surface area contributed by atoms with Gasteiger partial charge in [0.25, 0.3) is 0 Å². The molecule has 22 heavy (non-hydrogen) atoms. The fraction of sp³-hybridized carbons (Fsp3) is 0.375. The zero-order valence-electron chi connectivity index (χ0n) is 12.6. The van der Waals surface area contributed by atoms with Crippen molar-refractivity contribution in [1.82, 2.24) is 0 Å². The summed E-state index contributed by atoms with van der Waals surface area (Å²) in [4.78, 5) is 8.20. The molecule has 3 rings (SSSR count). The molecule has 3 N–H and O–H groups in total. The van der Waals surface area contributed by atoms with E-state index in [1.165, 1.54) is 36.9 Å². The van der Waals surface area contributed by atoms with E-state index in [-0.39, 0.29) is 37.2 Å². The predicted octanol–water partition coefficient (Wildman–Crippen LogP) is -8.27. The molecule has 2 atom stereocenters. The van der Waals surface area contributed by atoms with E-state index < -0.39 is 0 Å². The highest BCUT2D eigenvalue weighted by molar-refractivity contribution is 5.53. The van der Waals surface area contributed by atoms with Crippen LogP contribution in [0, 0.1) is 0 Å². The lowest BCUT2D eigenvalue weighted by molar-refractivity contribution is -0.918. The van der Waals surface area contributed by atoms with Crippen LogP contribution in [0.1, 0.15) is 30.9 Å². The molecular formula is C16H22Cl3N3. The summed E-state index contributed by atoms with van der Waals surface area (Å²) >= 11 is 0. The van der Waals surface area contributed by atoms with Gasteiger partial charge in [0.05, 0.1) is 19.2 Å². The molecule has 1 aliphatic heterocycles. The van der Waals surface area contributed by atoms with Crippen LogP contribution in [-0.4, -0.2) is 13.6 Å². The summed E-state index contributed by atoms with van der Waals surface area (Å²) < 4.78 is 0. The Hall–Kier alpha value is -0.870. The van der Waals surface area contributed by atoms with Crippen molar-refractivity contribution in [2.24, 2.45) is 0 Å². The molecule has 0 radical (unpaired) electrons. The summed E-state index contributed by atoms with van der Waals surface area (Å²) in [5.41, 5.74) is 3.79. The van der Waals surface area contributed by atoms with Crippen LogP contribution in [0.4, 0.5) is 0 Å². The number of likely N-dealkylation sites (tertiary alicyclic amines) is 1. The van der Waals surface area contributed by atoms with Crippen LogP contribution in [0.3, 0.4) is 0 Å². The number of hydrogen-bond acceptors (Lipinski definition) is 0. The zero-order valence-corrected chi connectivity index (χ0v) is 14.8. The fourth-order valence-corrected chi connectivity index (χ4v) is 3.02. The van der Waals surface area contributed by atoms with Gasteiger partial charge in [-0.15, -0.1) is 0 Å². The molecule has 0 aromatic carbocycles. The van der Waals surface area contributed by atoms with Gasteiger partial charge in [0, 0.05) is 18.6 Å².